The molecule has 4 rings (SSSR count). The first kappa shape index (κ1) is 18.9. The minimum Gasteiger partial charge on any atom is -0.542 e. The maximum absolute atomic E-state index is 10.5. The van der Waals surface area contributed by atoms with Gasteiger partial charge in [0.15, 0.2) is 0 Å². The van der Waals surface area contributed by atoms with E-state index in [9.17, 15) is 13.2 Å². The molecular formula is C18H18F3N3O3. The monoisotopic (exact) mass is 381 g/mol. The highest BCUT2D eigenvalue weighted by Gasteiger charge is 2.51. The molecule has 0 bridgehead atoms. The molecule has 0 amide bonds. The number of benzene rings is 1. The molecule has 2 aliphatic heterocycles. The van der Waals surface area contributed by atoms with Crippen molar-refractivity contribution in [3.8, 4) is 5.75 Å². The molecule has 2 aliphatic rings. The summed E-state index contributed by atoms with van der Waals surface area (Å²) < 4.78 is 39.8. The molecular weight excluding hydrogens is 363 g/mol. The molecule has 0 radical (unpaired) electrons. The van der Waals surface area contributed by atoms with Crippen LogP contribution in [0.5, 0.6) is 5.75 Å². The summed E-state index contributed by atoms with van der Waals surface area (Å²) in [6.45, 7) is 5.27. The van der Waals surface area contributed by atoms with Crippen molar-refractivity contribution in [3.05, 3.63) is 48.4 Å². The quantitative estimate of drug-likeness (QED) is 0.701. The minimum absolute atomic E-state index is 0.0122. The van der Waals surface area contributed by atoms with E-state index in [0.29, 0.717) is 5.92 Å². The Kier molecular flexibility index (Phi) is 4.71. The lowest BCUT2D eigenvalue weighted by Gasteiger charge is -2.43. The first-order valence-corrected chi connectivity index (χ1v) is 8.25. The number of nitrogens with one attached hydrogen (secondary N) is 1. The number of aromatic nitrogens is 2. The van der Waals surface area contributed by atoms with Gasteiger partial charge < -0.3 is 14.6 Å². The van der Waals surface area contributed by atoms with Crippen LogP contribution in [0.15, 0.2) is 42.9 Å². The SMILES string of the molecule is CC1(C)[C@H]2COc3ccccc3[C@@H]2Nc2cncc[n+]21.O=C([O-])C(F)(F)F. The van der Waals surface area contributed by atoms with Crippen molar-refractivity contribution >= 4 is 11.8 Å². The van der Waals surface area contributed by atoms with Crippen molar-refractivity contribution in [1.29, 1.82) is 0 Å². The Hall–Kier alpha value is -2.84. The Balaban J connectivity index is 0.000000260. The molecule has 0 saturated heterocycles. The van der Waals surface area contributed by atoms with E-state index in [1.54, 1.807) is 0 Å². The molecule has 0 unspecified atom stereocenters. The van der Waals surface area contributed by atoms with E-state index in [1.165, 1.54) is 5.56 Å². The molecule has 0 spiro atoms. The number of alkyl halides is 3. The van der Waals surface area contributed by atoms with Gasteiger partial charge in [0.1, 0.15) is 35.7 Å². The van der Waals surface area contributed by atoms with Crippen LogP contribution in [-0.2, 0) is 10.3 Å². The van der Waals surface area contributed by atoms with E-state index in [0.717, 1.165) is 18.2 Å². The minimum atomic E-state index is -5.19. The number of carbonyl (C=O) groups is 1. The van der Waals surface area contributed by atoms with Crippen LogP contribution in [0.1, 0.15) is 25.5 Å². The number of hydrogen-bond donors (Lipinski definition) is 1. The standard InChI is InChI=1S/C16H17N3O.C2HF3O2/c1-16(2)12-10-20-13-6-4-3-5-11(13)15(12)18-14-9-17-7-8-19(14)16;3-2(4,5)1(6)7/h3-9,12,15H,10H2,1-2H3;(H,6,7)/t12-,15-;/m0./s1. The maximum atomic E-state index is 10.5. The lowest BCUT2D eigenvalue weighted by atomic mass is 9.76. The summed E-state index contributed by atoms with van der Waals surface area (Å²) in [5, 5.41) is 12.4. The number of carboxylic acids is 1. The van der Waals surface area contributed by atoms with E-state index in [-0.39, 0.29) is 11.6 Å². The molecule has 0 aliphatic carbocycles. The molecule has 0 saturated carbocycles. The number of anilines is 1. The Bertz CT molecular complexity index is 855. The normalized spacial score (nSPS) is 21.8. The first-order chi connectivity index (χ1) is 12.6. The smallest absolute Gasteiger partial charge is 0.430 e. The van der Waals surface area contributed by atoms with Gasteiger partial charge in [-0.05, 0) is 19.9 Å². The fraction of sp³-hybridized carbons (Fsp3) is 0.389. The average molecular weight is 381 g/mol. The number of fused-ring (bicyclic) bond motifs is 4. The third-order valence-electron chi connectivity index (χ3n) is 4.90. The van der Waals surface area contributed by atoms with Crippen molar-refractivity contribution in [3.63, 3.8) is 0 Å². The first-order valence-electron chi connectivity index (χ1n) is 8.25. The molecule has 3 heterocycles. The molecule has 2 atom stereocenters. The van der Waals surface area contributed by atoms with Gasteiger partial charge in [-0.25, -0.2) is 4.57 Å². The maximum Gasteiger partial charge on any atom is 0.430 e. The van der Waals surface area contributed by atoms with Crippen molar-refractivity contribution in [2.75, 3.05) is 11.9 Å². The zero-order chi connectivity index (χ0) is 19.8. The van der Waals surface area contributed by atoms with E-state index >= 15 is 0 Å². The second kappa shape index (κ2) is 6.71. The van der Waals surface area contributed by atoms with Crippen molar-refractivity contribution in [2.45, 2.75) is 31.6 Å². The van der Waals surface area contributed by atoms with Crippen molar-refractivity contribution in [2.24, 2.45) is 5.92 Å². The molecule has 1 N–H and O–H groups in total. The molecule has 1 aromatic heterocycles. The Labute approximate surface area is 153 Å². The lowest BCUT2D eigenvalue weighted by Crippen LogP contribution is -2.65. The van der Waals surface area contributed by atoms with Gasteiger partial charge in [-0.2, -0.15) is 13.2 Å². The zero-order valence-corrected chi connectivity index (χ0v) is 14.7. The number of rotatable bonds is 0. The van der Waals surface area contributed by atoms with E-state index in [4.69, 9.17) is 14.6 Å². The van der Waals surface area contributed by atoms with E-state index in [2.05, 4.69) is 40.8 Å². The molecule has 6 nitrogen and oxygen atoms in total. The Morgan fingerprint density at radius 1 is 1.37 bits per heavy atom. The van der Waals surface area contributed by atoms with E-state index in [1.807, 2.05) is 30.7 Å². The Morgan fingerprint density at radius 3 is 2.70 bits per heavy atom. The molecule has 2 aromatic rings. The number of para-hydroxylation sites is 1. The highest BCUT2D eigenvalue weighted by atomic mass is 19.4. The number of hydrogen-bond acceptors (Lipinski definition) is 5. The van der Waals surface area contributed by atoms with Gasteiger partial charge in [-0.15, -0.1) is 0 Å². The van der Waals surface area contributed by atoms with Gasteiger partial charge in [-0.1, -0.05) is 18.2 Å². The molecule has 27 heavy (non-hydrogen) atoms. The zero-order valence-electron chi connectivity index (χ0n) is 14.7. The van der Waals surface area contributed by atoms with Crippen LogP contribution < -0.4 is 19.7 Å². The molecule has 144 valence electrons. The Morgan fingerprint density at radius 2 is 2.04 bits per heavy atom. The van der Waals surface area contributed by atoms with Gasteiger partial charge in [0.25, 0.3) is 5.82 Å². The topological polar surface area (TPSA) is 78.2 Å². The van der Waals surface area contributed by atoms with Crippen LogP contribution in [0, 0.1) is 5.92 Å². The third kappa shape index (κ3) is 3.54. The molecule has 9 heteroatoms. The fourth-order valence-electron chi connectivity index (χ4n) is 3.46. The summed E-state index contributed by atoms with van der Waals surface area (Å²) in [7, 11) is 0. The average Bonchev–Trinajstić information content (AvgIpc) is 2.61. The van der Waals surface area contributed by atoms with Crippen LogP contribution in [0.2, 0.25) is 0 Å². The summed E-state index contributed by atoms with van der Waals surface area (Å²) in [5.74, 6) is -0.561. The predicted octanol–water partition coefficient (Wildman–Crippen LogP) is 1.58. The second-order valence-corrected chi connectivity index (χ2v) is 6.85. The number of halogens is 3. The number of nitrogens with zero attached hydrogens (tertiary/aromatic N) is 2. The summed E-state index contributed by atoms with van der Waals surface area (Å²) in [4.78, 5) is 13.0. The van der Waals surface area contributed by atoms with Crippen LogP contribution in [0.25, 0.3) is 0 Å². The lowest BCUT2D eigenvalue weighted by molar-refractivity contribution is -0.759. The third-order valence-corrected chi connectivity index (χ3v) is 4.90. The summed E-state index contributed by atoms with van der Waals surface area (Å²) in [6, 6.07) is 8.58. The van der Waals surface area contributed by atoms with Gasteiger partial charge in [0, 0.05) is 5.56 Å². The number of carboxylic acid groups (broad SMARTS) is 1. The van der Waals surface area contributed by atoms with Crippen LogP contribution in [0.4, 0.5) is 19.0 Å². The van der Waals surface area contributed by atoms with Gasteiger partial charge >= 0.3 is 6.18 Å². The van der Waals surface area contributed by atoms with Crippen molar-refractivity contribution < 1.29 is 32.4 Å². The van der Waals surface area contributed by atoms with E-state index < -0.39 is 12.1 Å². The highest BCUT2D eigenvalue weighted by molar-refractivity contribution is 5.70. The van der Waals surface area contributed by atoms with Gasteiger partial charge in [0.2, 0.25) is 0 Å². The van der Waals surface area contributed by atoms with Crippen LogP contribution in [-0.4, -0.2) is 23.7 Å². The number of aliphatic carboxylic acids is 1. The fourth-order valence-corrected chi connectivity index (χ4v) is 3.46. The second-order valence-electron chi connectivity index (χ2n) is 6.85. The summed E-state index contributed by atoms with van der Waals surface area (Å²) in [6.07, 6.45) is 0.583. The number of ether oxygens (including phenoxy) is 1. The predicted molar refractivity (Wildman–Crippen MR) is 86.6 cm³/mol. The van der Waals surface area contributed by atoms with Crippen molar-refractivity contribution in [1.82, 2.24) is 4.98 Å². The highest BCUT2D eigenvalue weighted by Crippen LogP contribution is 2.44. The summed E-state index contributed by atoms with van der Waals surface area (Å²) in [5.41, 5.74) is 1.23. The van der Waals surface area contributed by atoms with Gasteiger partial charge in [0.05, 0.1) is 18.7 Å². The van der Waals surface area contributed by atoms with Crippen LogP contribution in [0.3, 0.4) is 0 Å². The molecule has 1 aromatic carbocycles. The molecule has 0 fully saturated rings. The van der Waals surface area contributed by atoms with Crippen LogP contribution >= 0.6 is 0 Å². The summed E-state index contributed by atoms with van der Waals surface area (Å²) >= 11 is 0. The number of carbonyl (C=O) groups excluding carboxylic acids is 1. The van der Waals surface area contributed by atoms with Gasteiger partial charge in [-0.3, -0.25) is 10.3 Å². The largest absolute Gasteiger partial charge is 0.542 e.